The Bertz CT molecular complexity index is 528. The number of nitrogens with zero attached hydrogens (tertiary/aromatic N) is 3. The summed E-state index contributed by atoms with van der Waals surface area (Å²) in [5, 5.41) is 10.8. The van der Waals surface area contributed by atoms with E-state index in [9.17, 15) is 0 Å². The van der Waals surface area contributed by atoms with Gasteiger partial charge in [-0.2, -0.15) is 15.4 Å². The van der Waals surface area contributed by atoms with Crippen LogP contribution >= 0.6 is 0 Å². The van der Waals surface area contributed by atoms with Crippen LogP contribution in [0.5, 0.6) is 0 Å². The van der Waals surface area contributed by atoms with Crippen molar-refractivity contribution in [2.45, 2.75) is 13.1 Å². The van der Waals surface area contributed by atoms with Crippen LogP contribution in [0.25, 0.3) is 11.3 Å². The summed E-state index contributed by atoms with van der Waals surface area (Å²) in [5.41, 5.74) is 9.44. The second-order valence-corrected chi connectivity index (χ2v) is 4.63. The lowest BCUT2D eigenvalue weighted by Crippen LogP contribution is -2.35. The minimum absolute atomic E-state index is 0.385. The van der Waals surface area contributed by atoms with Crippen molar-refractivity contribution >= 4 is 0 Å². The van der Waals surface area contributed by atoms with Gasteiger partial charge in [0.25, 0.3) is 0 Å². The molecule has 0 aliphatic carbocycles. The van der Waals surface area contributed by atoms with Crippen LogP contribution in [0, 0.1) is 0 Å². The molecular formula is C12H18N6O. The summed E-state index contributed by atoms with van der Waals surface area (Å²) < 4.78 is 5.34. The molecule has 0 radical (unpaired) electrons. The number of rotatable bonds is 4. The van der Waals surface area contributed by atoms with Crippen LogP contribution in [-0.4, -0.2) is 51.6 Å². The van der Waals surface area contributed by atoms with Crippen molar-refractivity contribution in [2.24, 2.45) is 5.73 Å². The summed E-state index contributed by atoms with van der Waals surface area (Å²) in [7, 11) is 0. The van der Waals surface area contributed by atoms with Crippen molar-refractivity contribution in [1.29, 1.82) is 0 Å². The predicted molar refractivity (Wildman–Crippen MR) is 70.2 cm³/mol. The van der Waals surface area contributed by atoms with E-state index in [1.165, 1.54) is 5.69 Å². The molecule has 1 fully saturated rings. The fourth-order valence-corrected chi connectivity index (χ4v) is 2.30. The third-order valence-electron chi connectivity index (χ3n) is 3.33. The zero-order valence-electron chi connectivity index (χ0n) is 10.7. The fraction of sp³-hybridized carbons (Fsp3) is 0.500. The van der Waals surface area contributed by atoms with Crippen molar-refractivity contribution < 1.29 is 4.74 Å². The first-order chi connectivity index (χ1) is 9.36. The molecular weight excluding hydrogens is 244 g/mol. The zero-order chi connectivity index (χ0) is 13.1. The first-order valence-electron chi connectivity index (χ1n) is 6.44. The lowest BCUT2D eigenvalue weighted by molar-refractivity contribution is 0.0337. The average molecular weight is 262 g/mol. The Kier molecular flexibility index (Phi) is 3.58. The molecule has 7 nitrogen and oxygen atoms in total. The number of nitrogens with two attached hydrogens (primary N) is 1. The molecule has 3 heterocycles. The Morgan fingerprint density at radius 2 is 2.16 bits per heavy atom. The van der Waals surface area contributed by atoms with E-state index in [1.54, 1.807) is 0 Å². The van der Waals surface area contributed by atoms with Gasteiger partial charge in [0.1, 0.15) is 11.4 Å². The van der Waals surface area contributed by atoms with Gasteiger partial charge in [-0.3, -0.25) is 4.90 Å². The summed E-state index contributed by atoms with van der Waals surface area (Å²) in [6.07, 6.45) is 1.95. The van der Waals surface area contributed by atoms with E-state index in [-0.39, 0.29) is 0 Å². The number of hydrogen-bond acceptors (Lipinski definition) is 5. The van der Waals surface area contributed by atoms with Gasteiger partial charge in [0, 0.05) is 43.6 Å². The van der Waals surface area contributed by atoms with Crippen LogP contribution in [0.15, 0.2) is 12.3 Å². The van der Waals surface area contributed by atoms with Gasteiger partial charge >= 0.3 is 0 Å². The van der Waals surface area contributed by atoms with Gasteiger partial charge in [0.2, 0.25) is 0 Å². The van der Waals surface area contributed by atoms with Crippen molar-refractivity contribution in [3.63, 3.8) is 0 Å². The molecule has 1 aliphatic heterocycles. The summed E-state index contributed by atoms with van der Waals surface area (Å²) in [4.78, 5) is 5.65. The summed E-state index contributed by atoms with van der Waals surface area (Å²) >= 11 is 0. The minimum Gasteiger partial charge on any atom is -0.379 e. The van der Waals surface area contributed by atoms with E-state index < -0.39 is 0 Å². The van der Waals surface area contributed by atoms with Crippen LogP contribution in [0.2, 0.25) is 0 Å². The zero-order valence-corrected chi connectivity index (χ0v) is 10.7. The van der Waals surface area contributed by atoms with E-state index in [2.05, 4.69) is 31.4 Å². The fourth-order valence-electron chi connectivity index (χ4n) is 2.30. The summed E-state index contributed by atoms with van der Waals surface area (Å²) in [6.45, 7) is 4.87. The van der Waals surface area contributed by atoms with E-state index in [4.69, 9.17) is 10.5 Å². The molecule has 0 amide bonds. The molecule has 3 rings (SSSR count). The van der Waals surface area contributed by atoms with Gasteiger partial charge in [-0.15, -0.1) is 0 Å². The minimum atomic E-state index is 0.385. The van der Waals surface area contributed by atoms with Crippen LogP contribution < -0.4 is 5.73 Å². The molecule has 19 heavy (non-hydrogen) atoms. The van der Waals surface area contributed by atoms with Gasteiger partial charge in [0.05, 0.1) is 13.2 Å². The smallest absolute Gasteiger partial charge is 0.118 e. The third kappa shape index (κ3) is 2.67. The average Bonchev–Trinajstić information content (AvgIpc) is 3.07. The highest BCUT2D eigenvalue weighted by molar-refractivity contribution is 5.61. The number of H-pyrrole nitrogens is 2. The van der Waals surface area contributed by atoms with Crippen LogP contribution in [-0.2, 0) is 17.8 Å². The lowest BCUT2D eigenvalue weighted by atomic mass is 10.2. The topological polar surface area (TPSA) is 95.8 Å². The Morgan fingerprint density at radius 1 is 1.32 bits per heavy atom. The lowest BCUT2D eigenvalue weighted by Gasteiger charge is -2.25. The van der Waals surface area contributed by atoms with E-state index >= 15 is 0 Å². The number of aromatic amines is 2. The summed E-state index contributed by atoms with van der Waals surface area (Å²) in [5.74, 6) is 0. The Hall–Kier alpha value is -1.70. The van der Waals surface area contributed by atoms with Gasteiger partial charge in [-0.1, -0.05) is 0 Å². The molecule has 0 bridgehead atoms. The maximum Gasteiger partial charge on any atom is 0.118 e. The normalized spacial score (nSPS) is 16.9. The highest BCUT2D eigenvalue weighted by Gasteiger charge is 2.14. The van der Waals surface area contributed by atoms with Crippen LogP contribution in [0.1, 0.15) is 11.4 Å². The predicted octanol–water partition coefficient (Wildman–Crippen LogP) is 0.0907. The molecule has 0 unspecified atom stereocenters. The quantitative estimate of drug-likeness (QED) is 0.725. The first kappa shape index (κ1) is 12.3. The maximum absolute atomic E-state index is 5.63. The third-order valence-corrected chi connectivity index (χ3v) is 3.33. The monoisotopic (exact) mass is 262 g/mol. The molecule has 2 aromatic rings. The van der Waals surface area contributed by atoms with Crippen molar-refractivity contribution in [3.8, 4) is 11.3 Å². The molecule has 7 heteroatoms. The van der Waals surface area contributed by atoms with E-state index in [1.807, 2.05) is 6.20 Å². The van der Waals surface area contributed by atoms with Gasteiger partial charge in [0.15, 0.2) is 0 Å². The Labute approximate surface area is 111 Å². The Balaban J connectivity index is 1.72. The molecule has 102 valence electrons. The summed E-state index contributed by atoms with van der Waals surface area (Å²) in [6, 6.07) is 2.10. The van der Waals surface area contributed by atoms with E-state index in [0.29, 0.717) is 6.54 Å². The molecule has 2 aromatic heterocycles. The number of morpholine rings is 1. The van der Waals surface area contributed by atoms with Crippen LogP contribution in [0.3, 0.4) is 0 Å². The molecule has 0 aromatic carbocycles. The molecule has 0 spiro atoms. The van der Waals surface area contributed by atoms with Gasteiger partial charge in [-0.05, 0) is 6.07 Å². The molecule has 4 N–H and O–H groups in total. The van der Waals surface area contributed by atoms with Gasteiger partial charge < -0.3 is 15.5 Å². The maximum atomic E-state index is 5.63. The number of nitrogens with one attached hydrogen (secondary N) is 2. The van der Waals surface area contributed by atoms with Crippen molar-refractivity contribution in [2.75, 3.05) is 26.3 Å². The SMILES string of the molecule is NCc1n[nH]nc1-c1c[nH]c(CN2CCOCC2)c1. The first-order valence-corrected chi connectivity index (χ1v) is 6.44. The van der Waals surface area contributed by atoms with E-state index in [0.717, 1.165) is 49.8 Å². The number of hydrogen-bond donors (Lipinski definition) is 3. The van der Waals surface area contributed by atoms with Gasteiger partial charge in [-0.25, -0.2) is 0 Å². The Morgan fingerprint density at radius 3 is 2.95 bits per heavy atom. The standard InChI is InChI=1S/C12H18N6O/c13-6-11-12(16-17-15-11)9-5-10(14-7-9)8-18-1-3-19-4-2-18/h5,7,14H,1-4,6,8,13H2,(H,15,16,17). The van der Waals surface area contributed by atoms with Crippen molar-refractivity contribution in [1.82, 2.24) is 25.3 Å². The molecule has 0 saturated carbocycles. The van der Waals surface area contributed by atoms with Crippen LogP contribution in [0.4, 0.5) is 0 Å². The second-order valence-electron chi connectivity index (χ2n) is 4.63. The highest BCUT2D eigenvalue weighted by Crippen LogP contribution is 2.21. The molecule has 1 saturated heterocycles. The second kappa shape index (κ2) is 5.52. The number of ether oxygens (including phenoxy) is 1. The molecule has 1 aliphatic rings. The highest BCUT2D eigenvalue weighted by atomic mass is 16.5. The molecule has 0 atom stereocenters. The van der Waals surface area contributed by atoms with Crippen molar-refractivity contribution in [3.05, 3.63) is 23.7 Å². The largest absolute Gasteiger partial charge is 0.379 e. The number of aromatic nitrogens is 4.